The van der Waals surface area contributed by atoms with Gasteiger partial charge >= 0.3 is 11.8 Å². The summed E-state index contributed by atoms with van der Waals surface area (Å²) in [6, 6.07) is 4.01. The number of aryl methyl sites for hydroxylation is 1. The molecule has 0 heterocycles. The molecule has 0 aliphatic heterocycles. The van der Waals surface area contributed by atoms with Gasteiger partial charge in [-0.15, -0.1) is 0 Å². The maximum absolute atomic E-state index is 11.9. The van der Waals surface area contributed by atoms with Crippen LogP contribution in [-0.2, 0) is 9.59 Å². The topological polar surface area (TPSA) is 122 Å². The van der Waals surface area contributed by atoms with E-state index >= 15 is 0 Å². The molecule has 8 nitrogen and oxygen atoms in total. The number of nitrogens with one attached hydrogen (secondary N) is 2. The van der Waals surface area contributed by atoms with E-state index in [9.17, 15) is 24.8 Å². The average molecular weight is 337 g/mol. The molecule has 0 bridgehead atoms. The molecule has 1 atom stereocenters. The van der Waals surface area contributed by atoms with Gasteiger partial charge in [0.15, 0.2) is 0 Å². The lowest BCUT2D eigenvalue weighted by Gasteiger charge is -2.25. The first-order chi connectivity index (χ1) is 11.0. The van der Waals surface area contributed by atoms with Crippen molar-refractivity contribution in [3.8, 4) is 0 Å². The molecule has 132 valence electrons. The van der Waals surface area contributed by atoms with E-state index in [1.807, 2.05) is 20.8 Å². The fourth-order valence-corrected chi connectivity index (χ4v) is 1.87. The summed E-state index contributed by atoms with van der Waals surface area (Å²) in [5.74, 6) is -1.77. The number of carbonyl (C=O) groups excluding carboxylic acids is 2. The zero-order valence-electron chi connectivity index (χ0n) is 14.3. The first-order valence-electron chi connectivity index (χ1n) is 7.54. The molecule has 1 aromatic rings. The van der Waals surface area contributed by atoms with Crippen molar-refractivity contribution in [2.24, 2.45) is 5.41 Å². The van der Waals surface area contributed by atoms with Gasteiger partial charge in [-0.2, -0.15) is 0 Å². The fourth-order valence-electron chi connectivity index (χ4n) is 1.87. The minimum Gasteiger partial charge on any atom is -0.393 e. The minimum absolute atomic E-state index is 0.151. The second kappa shape index (κ2) is 7.87. The zero-order valence-corrected chi connectivity index (χ0v) is 14.3. The van der Waals surface area contributed by atoms with Gasteiger partial charge < -0.3 is 15.7 Å². The standard InChI is InChI=1S/C16H23N3O5/c1-10-5-6-11(19(23)24)9-12(10)18-15(22)14(21)17-8-7-13(20)16(2,3)4/h5-6,9,13,20H,7-8H2,1-4H3,(H,17,21)(H,18,22). The molecule has 8 heteroatoms. The first-order valence-corrected chi connectivity index (χ1v) is 7.54. The van der Waals surface area contributed by atoms with E-state index in [1.165, 1.54) is 18.2 Å². The number of aliphatic hydroxyl groups excluding tert-OH is 1. The molecular formula is C16H23N3O5. The fraction of sp³-hybridized carbons (Fsp3) is 0.500. The first kappa shape index (κ1) is 19.6. The summed E-state index contributed by atoms with van der Waals surface area (Å²) in [5, 5.41) is 25.4. The molecule has 0 aromatic heterocycles. The van der Waals surface area contributed by atoms with E-state index < -0.39 is 22.8 Å². The Labute approximate surface area is 140 Å². The Hall–Kier alpha value is -2.48. The second-order valence-corrected chi connectivity index (χ2v) is 6.64. The third kappa shape index (κ3) is 5.62. The molecule has 0 aliphatic carbocycles. The molecule has 0 saturated heterocycles. The van der Waals surface area contributed by atoms with Gasteiger partial charge in [-0.3, -0.25) is 19.7 Å². The lowest BCUT2D eigenvalue weighted by molar-refractivity contribution is -0.384. The molecule has 0 fully saturated rings. The molecule has 1 unspecified atom stereocenters. The SMILES string of the molecule is Cc1ccc([N+](=O)[O-])cc1NC(=O)C(=O)NCCC(O)C(C)(C)C. The van der Waals surface area contributed by atoms with Crippen LogP contribution in [-0.4, -0.2) is 34.5 Å². The van der Waals surface area contributed by atoms with Crippen LogP contribution < -0.4 is 10.6 Å². The van der Waals surface area contributed by atoms with Crippen molar-refractivity contribution in [2.75, 3.05) is 11.9 Å². The summed E-state index contributed by atoms with van der Waals surface area (Å²) in [7, 11) is 0. The smallest absolute Gasteiger partial charge is 0.313 e. The number of amides is 2. The Bertz CT molecular complexity index is 637. The molecule has 2 amide bonds. The van der Waals surface area contributed by atoms with E-state index in [2.05, 4.69) is 10.6 Å². The molecule has 1 rings (SSSR count). The number of aliphatic hydroxyl groups is 1. The lowest BCUT2D eigenvalue weighted by atomic mass is 9.87. The summed E-state index contributed by atoms with van der Waals surface area (Å²) in [4.78, 5) is 33.8. The number of anilines is 1. The average Bonchev–Trinajstić information content (AvgIpc) is 2.47. The predicted molar refractivity (Wildman–Crippen MR) is 89.6 cm³/mol. The Morgan fingerprint density at radius 2 is 1.92 bits per heavy atom. The maximum Gasteiger partial charge on any atom is 0.313 e. The van der Waals surface area contributed by atoms with E-state index in [0.717, 1.165) is 0 Å². The molecule has 1 aromatic carbocycles. The highest BCUT2D eigenvalue weighted by atomic mass is 16.6. The number of non-ortho nitro benzene ring substituents is 1. The van der Waals surface area contributed by atoms with Crippen molar-refractivity contribution < 1.29 is 19.6 Å². The van der Waals surface area contributed by atoms with Gasteiger partial charge in [0.2, 0.25) is 0 Å². The van der Waals surface area contributed by atoms with Crippen molar-refractivity contribution in [2.45, 2.75) is 40.2 Å². The number of nitrogens with zero attached hydrogens (tertiary/aromatic N) is 1. The molecule has 0 radical (unpaired) electrons. The van der Waals surface area contributed by atoms with E-state index in [0.29, 0.717) is 12.0 Å². The summed E-state index contributed by atoms with van der Waals surface area (Å²) >= 11 is 0. The molecule has 0 aliphatic rings. The number of carbonyl (C=O) groups is 2. The third-order valence-corrected chi connectivity index (χ3v) is 3.59. The number of hydrogen-bond acceptors (Lipinski definition) is 5. The number of nitro groups is 1. The van der Waals surface area contributed by atoms with Gasteiger partial charge in [0.25, 0.3) is 5.69 Å². The van der Waals surface area contributed by atoms with Crippen LogP contribution in [0.3, 0.4) is 0 Å². The van der Waals surface area contributed by atoms with Gasteiger partial charge in [0.05, 0.1) is 16.7 Å². The van der Waals surface area contributed by atoms with Gasteiger partial charge in [0.1, 0.15) is 0 Å². The summed E-state index contributed by atoms with van der Waals surface area (Å²) in [6.07, 6.45) is -0.293. The van der Waals surface area contributed by atoms with Crippen molar-refractivity contribution in [1.82, 2.24) is 5.32 Å². The Balaban J connectivity index is 2.60. The van der Waals surface area contributed by atoms with E-state index in [-0.39, 0.29) is 23.3 Å². The van der Waals surface area contributed by atoms with Crippen LogP contribution in [0.25, 0.3) is 0 Å². The predicted octanol–water partition coefficient (Wildman–Crippen LogP) is 1.76. The van der Waals surface area contributed by atoms with Crippen LogP contribution in [0.15, 0.2) is 18.2 Å². The molecule has 0 saturated carbocycles. The molecular weight excluding hydrogens is 314 g/mol. The number of nitro benzene ring substituents is 1. The lowest BCUT2D eigenvalue weighted by Crippen LogP contribution is -2.38. The van der Waals surface area contributed by atoms with E-state index in [1.54, 1.807) is 6.92 Å². The Morgan fingerprint density at radius 1 is 1.29 bits per heavy atom. The van der Waals surface area contributed by atoms with Gasteiger partial charge in [-0.1, -0.05) is 26.8 Å². The maximum atomic E-state index is 11.9. The second-order valence-electron chi connectivity index (χ2n) is 6.64. The van der Waals surface area contributed by atoms with Gasteiger partial charge in [-0.05, 0) is 24.3 Å². The van der Waals surface area contributed by atoms with Crippen molar-refractivity contribution in [3.63, 3.8) is 0 Å². The van der Waals surface area contributed by atoms with Crippen molar-refractivity contribution in [3.05, 3.63) is 33.9 Å². The summed E-state index contributed by atoms with van der Waals surface area (Å²) in [6.45, 7) is 7.43. The monoisotopic (exact) mass is 337 g/mol. The number of benzene rings is 1. The third-order valence-electron chi connectivity index (χ3n) is 3.59. The van der Waals surface area contributed by atoms with Crippen molar-refractivity contribution in [1.29, 1.82) is 0 Å². The highest BCUT2D eigenvalue weighted by molar-refractivity contribution is 6.39. The Morgan fingerprint density at radius 3 is 2.46 bits per heavy atom. The van der Waals surface area contributed by atoms with E-state index in [4.69, 9.17) is 0 Å². The summed E-state index contributed by atoms with van der Waals surface area (Å²) < 4.78 is 0. The van der Waals surface area contributed by atoms with Crippen LogP contribution in [0.5, 0.6) is 0 Å². The van der Waals surface area contributed by atoms with Crippen LogP contribution >= 0.6 is 0 Å². The largest absolute Gasteiger partial charge is 0.393 e. The van der Waals surface area contributed by atoms with Crippen LogP contribution in [0.4, 0.5) is 11.4 Å². The van der Waals surface area contributed by atoms with Gasteiger partial charge in [0, 0.05) is 18.7 Å². The quantitative estimate of drug-likeness (QED) is 0.429. The summed E-state index contributed by atoms with van der Waals surface area (Å²) in [5.41, 5.74) is 0.321. The highest BCUT2D eigenvalue weighted by Crippen LogP contribution is 2.22. The molecule has 3 N–H and O–H groups in total. The molecule has 24 heavy (non-hydrogen) atoms. The normalized spacial score (nSPS) is 12.4. The van der Waals surface area contributed by atoms with Crippen LogP contribution in [0.2, 0.25) is 0 Å². The zero-order chi connectivity index (χ0) is 18.5. The molecule has 0 spiro atoms. The minimum atomic E-state index is -0.913. The highest BCUT2D eigenvalue weighted by Gasteiger charge is 2.22. The van der Waals surface area contributed by atoms with Crippen LogP contribution in [0, 0.1) is 22.5 Å². The van der Waals surface area contributed by atoms with Crippen LogP contribution in [0.1, 0.15) is 32.8 Å². The van der Waals surface area contributed by atoms with Crippen molar-refractivity contribution >= 4 is 23.2 Å². The number of rotatable bonds is 5. The van der Waals surface area contributed by atoms with Gasteiger partial charge in [-0.25, -0.2) is 0 Å². The Kier molecular flexibility index (Phi) is 6.42. The number of hydrogen-bond donors (Lipinski definition) is 3.